The van der Waals surface area contributed by atoms with Crippen molar-refractivity contribution in [3.05, 3.63) is 85.9 Å². The van der Waals surface area contributed by atoms with Gasteiger partial charge in [0.1, 0.15) is 10.2 Å². The molecule has 176 valence electrons. The lowest BCUT2D eigenvalue weighted by atomic mass is 10.1. The SMILES string of the molecule is O=C(CNc1ccc(Cl)cn1)c1cc(NC(=O)C2C(c3cc(Cl)cc(Cl)c3)C2(Cl)Cl)ccc1Cl. The van der Waals surface area contributed by atoms with Gasteiger partial charge < -0.3 is 10.6 Å². The minimum atomic E-state index is -1.32. The van der Waals surface area contributed by atoms with Gasteiger partial charge >= 0.3 is 0 Å². The predicted octanol–water partition coefficient (Wildman–Crippen LogP) is 7.52. The Morgan fingerprint density at radius 2 is 1.62 bits per heavy atom. The molecule has 0 radical (unpaired) electrons. The van der Waals surface area contributed by atoms with E-state index in [2.05, 4.69) is 15.6 Å². The van der Waals surface area contributed by atoms with Crippen LogP contribution in [0, 0.1) is 5.92 Å². The van der Waals surface area contributed by atoms with E-state index in [4.69, 9.17) is 69.6 Å². The van der Waals surface area contributed by atoms with Crippen molar-refractivity contribution in [3.8, 4) is 0 Å². The summed E-state index contributed by atoms with van der Waals surface area (Å²) in [5.41, 5.74) is 1.27. The molecule has 1 saturated carbocycles. The minimum Gasteiger partial charge on any atom is -0.363 e. The Morgan fingerprint density at radius 1 is 0.912 bits per heavy atom. The van der Waals surface area contributed by atoms with Gasteiger partial charge in [0.2, 0.25) is 5.91 Å². The third kappa shape index (κ3) is 5.56. The van der Waals surface area contributed by atoms with Gasteiger partial charge in [-0.3, -0.25) is 9.59 Å². The lowest BCUT2D eigenvalue weighted by molar-refractivity contribution is -0.117. The number of hydrogen-bond donors (Lipinski definition) is 2. The van der Waals surface area contributed by atoms with Crippen molar-refractivity contribution in [3.63, 3.8) is 0 Å². The summed E-state index contributed by atoms with van der Waals surface area (Å²) in [6.45, 7) is -0.0571. The molecule has 3 aromatic rings. The summed E-state index contributed by atoms with van der Waals surface area (Å²) in [6.07, 6.45) is 1.47. The largest absolute Gasteiger partial charge is 0.363 e. The van der Waals surface area contributed by atoms with Gasteiger partial charge in [-0.25, -0.2) is 4.98 Å². The van der Waals surface area contributed by atoms with E-state index in [-0.39, 0.29) is 22.9 Å². The van der Waals surface area contributed by atoms with E-state index < -0.39 is 22.1 Å². The Kier molecular flexibility index (Phi) is 7.53. The molecule has 2 unspecified atom stereocenters. The highest BCUT2D eigenvalue weighted by Gasteiger charge is 2.67. The lowest BCUT2D eigenvalue weighted by Gasteiger charge is -2.10. The van der Waals surface area contributed by atoms with Crippen LogP contribution >= 0.6 is 69.6 Å². The van der Waals surface area contributed by atoms with Gasteiger partial charge in [0, 0.05) is 33.4 Å². The number of alkyl halides is 2. The smallest absolute Gasteiger partial charge is 0.231 e. The van der Waals surface area contributed by atoms with Gasteiger partial charge in [0.15, 0.2) is 5.78 Å². The van der Waals surface area contributed by atoms with Crippen molar-refractivity contribution in [2.45, 2.75) is 10.3 Å². The summed E-state index contributed by atoms with van der Waals surface area (Å²) in [4.78, 5) is 29.7. The molecule has 1 amide bonds. The average molecular weight is 578 g/mol. The second-order valence-electron chi connectivity index (χ2n) is 7.65. The van der Waals surface area contributed by atoms with Crippen molar-refractivity contribution in [1.82, 2.24) is 4.98 Å². The molecule has 4 rings (SSSR count). The molecule has 34 heavy (non-hydrogen) atoms. The van der Waals surface area contributed by atoms with Crippen LogP contribution in [0.5, 0.6) is 0 Å². The molecule has 1 aromatic heterocycles. The minimum absolute atomic E-state index is 0.0571. The maximum atomic E-state index is 13.0. The molecular weight excluding hydrogens is 563 g/mol. The first-order chi connectivity index (χ1) is 16.1. The van der Waals surface area contributed by atoms with Crippen LogP contribution < -0.4 is 10.6 Å². The van der Waals surface area contributed by atoms with E-state index in [1.54, 1.807) is 36.4 Å². The van der Waals surface area contributed by atoms with Crippen molar-refractivity contribution in [2.24, 2.45) is 5.92 Å². The quantitative estimate of drug-likeness (QED) is 0.225. The lowest BCUT2D eigenvalue weighted by Crippen LogP contribution is -2.18. The molecule has 0 aliphatic heterocycles. The van der Waals surface area contributed by atoms with E-state index in [0.717, 1.165) is 0 Å². The summed E-state index contributed by atoms with van der Waals surface area (Å²) in [6, 6.07) is 12.8. The van der Waals surface area contributed by atoms with Crippen LogP contribution in [0.3, 0.4) is 0 Å². The molecule has 1 aliphatic rings. The molecule has 1 aliphatic carbocycles. The maximum Gasteiger partial charge on any atom is 0.231 e. The zero-order chi connectivity index (χ0) is 24.6. The molecule has 0 bridgehead atoms. The number of halogens is 6. The van der Waals surface area contributed by atoms with Crippen LogP contribution in [0.1, 0.15) is 21.8 Å². The molecule has 11 heteroatoms. The van der Waals surface area contributed by atoms with E-state index in [1.807, 2.05) is 0 Å². The third-order valence-corrected chi connectivity index (χ3v) is 7.20. The van der Waals surface area contributed by atoms with E-state index >= 15 is 0 Å². The number of nitrogens with zero attached hydrogens (tertiary/aromatic N) is 1. The Balaban J connectivity index is 1.45. The van der Waals surface area contributed by atoms with Gasteiger partial charge in [-0.2, -0.15) is 0 Å². The number of nitrogens with one attached hydrogen (secondary N) is 2. The van der Waals surface area contributed by atoms with Crippen molar-refractivity contribution >= 4 is 92.8 Å². The molecule has 1 heterocycles. The van der Waals surface area contributed by atoms with E-state index in [1.165, 1.54) is 18.3 Å². The van der Waals surface area contributed by atoms with Gasteiger partial charge in [-0.15, -0.1) is 23.2 Å². The fraction of sp³-hybridized carbons (Fsp3) is 0.174. The average Bonchev–Trinajstić information content (AvgIpc) is 3.36. The number of pyridine rings is 1. The molecular formula is C23H15Cl6N3O2. The van der Waals surface area contributed by atoms with Gasteiger partial charge in [-0.1, -0.05) is 46.4 Å². The Labute approximate surface area is 225 Å². The predicted molar refractivity (Wildman–Crippen MR) is 139 cm³/mol. The summed E-state index contributed by atoms with van der Waals surface area (Å²) >= 11 is 37.0. The van der Waals surface area contributed by atoms with Gasteiger partial charge in [0.25, 0.3) is 0 Å². The summed E-state index contributed by atoms with van der Waals surface area (Å²) in [7, 11) is 0. The summed E-state index contributed by atoms with van der Waals surface area (Å²) < 4.78 is -1.32. The number of hydrogen-bond acceptors (Lipinski definition) is 4. The van der Waals surface area contributed by atoms with Gasteiger partial charge in [0.05, 0.1) is 22.5 Å². The first-order valence-electron chi connectivity index (χ1n) is 9.89. The second-order valence-corrected chi connectivity index (χ2v) is 10.8. The first-order valence-corrected chi connectivity index (χ1v) is 12.2. The molecule has 0 spiro atoms. The van der Waals surface area contributed by atoms with E-state index in [9.17, 15) is 9.59 Å². The van der Waals surface area contributed by atoms with Crippen LogP contribution in [0.25, 0.3) is 0 Å². The Morgan fingerprint density at radius 3 is 2.26 bits per heavy atom. The number of carbonyl (C=O) groups is 2. The topological polar surface area (TPSA) is 71.1 Å². The van der Waals surface area contributed by atoms with Crippen LogP contribution in [-0.4, -0.2) is 27.6 Å². The fourth-order valence-corrected chi connectivity index (χ4v) is 5.31. The van der Waals surface area contributed by atoms with Crippen LogP contribution in [0.2, 0.25) is 20.1 Å². The monoisotopic (exact) mass is 575 g/mol. The number of ketones is 1. The fourth-order valence-electron chi connectivity index (χ4n) is 3.61. The summed E-state index contributed by atoms with van der Waals surface area (Å²) in [5.74, 6) is -1.44. The van der Waals surface area contributed by atoms with Crippen molar-refractivity contribution in [2.75, 3.05) is 17.2 Å². The van der Waals surface area contributed by atoms with Crippen molar-refractivity contribution < 1.29 is 9.59 Å². The number of anilines is 2. The highest BCUT2D eigenvalue weighted by molar-refractivity contribution is 6.53. The molecule has 5 nitrogen and oxygen atoms in total. The second kappa shape index (κ2) is 10.1. The highest BCUT2D eigenvalue weighted by Crippen LogP contribution is 2.65. The zero-order valence-corrected chi connectivity index (χ0v) is 21.6. The van der Waals surface area contributed by atoms with Crippen LogP contribution in [-0.2, 0) is 4.79 Å². The normalized spacial score (nSPS) is 18.3. The Hall–Kier alpha value is -1.73. The molecule has 0 saturated heterocycles. The Bertz CT molecular complexity index is 1250. The molecule has 1 fully saturated rings. The van der Waals surface area contributed by atoms with Crippen LogP contribution in [0.15, 0.2) is 54.7 Å². The molecule has 2 atom stereocenters. The van der Waals surface area contributed by atoms with Crippen molar-refractivity contribution in [1.29, 1.82) is 0 Å². The third-order valence-electron chi connectivity index (χ3n) is 5.27. The van der Waals surface area contributed by atoms with Crippen LogP contribution in [0.4, 0.5) is 11.5 Å². The highest BCUT2D eigenvalue weighted by atomic mass is 35.5. The summed E-state index contributed by atoms with van der Waals surface area (Å²) in [5, 5.41) is 7.23. The first kappa shape index (κ1) is 25.4. The number of amides is 1. The van der Waals surface area contributed by atoms with E-state index in [0.29, 0.717) is 32.1 Å². The number of aromatic nitrogens is 1. The number of carbonyl (C=O) groups excluding carboxylic acids is 2. The maximum absolute atomic E-state index is 13.0. The molecule has 2 N–H and O–H groups in total. The standard InChI is InChI=1S/C23H15Cl6N3O2/c24-12-1-4-19(30-9-12)31-10-18(33)16-8-15(2-3-17(16)27)32-22(34)21-20(23(21,28)29)11-5-13(25)7-14(26)6-11/h1-9,20-21H,10H2,(H,30,31)(H,32,34). The number of rotatable bonds is 7. The zero-order valence-electron chi connectivity index (χ0n) is 17.1. The number of benzene rings is 2. The molecule has 2 aromatic carbocycles. The van der Waals surface area contributed by atoms with Gasteiger partial charge in [-0.05, 0) is 54.1 Å². The number of Topliss-reactive ketones (excluding diaryl/α,β-unsaturated/α-hetero) is 1.